The van der Waals surface area contributed by atoms with E-state index in [0.29, 0.717) is 0 Å². The number of nitrogens with one attached hydrogen (secondary N) is 1. The van der Waals surface area contributed by atoms with Crippen molar-refractivity contribution >= 4 is 16.6 Å². The second-order valence-corrected chi connectivity index (χ2v) is 5.34. The van der Waals surface area contributed by atoms with Crippen LogP contribution in [0.3, 0.4) is 0 Å². The average Bonchev–Trinajstić information content (AvgIpc) is 2.46. The van der Waals surface area contributed by atoms with Crippen molar-refractivity contribution in [2.75, 3.05) is 26.1 Å². The first-order valence-corrected chi connectivity index (χ1v) is 6.98. The fraction of sp³-hybridized carbons (Fsp3) is 0.438. The molecule has 1 heterocycles. The highest BCUT2D eigenvalue weighted by Gasteiger charge is 2.36. The van der Waals surface area contributed by atoms with Gasteiger partial charge in [0.05, 0.1) is 12.7 Å². The van der Waals surface area contributed by atoms with Gasteiger partial charge in [0, 0.05) is 25.2 Å². The van der Waals surface area contributed by atoms with Crippen LogP contribution < -0.4 is 10.1 Å². The maximum absolute atomic E-state index is 5.64. The van der Waals surface area contributed by atoms with Crippen molar-refractivity contribution in [3.63, 3.8) is 0 Å². The van der Waals surface area contributed by atoms with Crippen molar-refractivity contribution in [3.8, 4) is 5.75 Å². The summed E-state index contributed by atoms with van der Waals surface area (Å²) in [6.07, 6.45) is 5.30. The number of nitrogens with zero attached hydrogens (tertiary/aromatic N) is 1. The molecule has 1 aliphatic carbocycles. The van der Waals surface area contributed by atoms with Crippen molar-refractivity contribution in [2.24, 2.45) is 0 Å². The van der Waals surface area contributed by atoms with Crippen LogP contribution >= 0.6 is 0 Å². The zero-order valence-electron chi connectivity index (χ0n) is 12.0. The molecule has 0 bridgehead atoms. The Kier molecular flexibility index (Phi) is 3.49. The fourth-order valence-corrected chi connectivity index (χ4v) is 2.68. The zero-order chi connectivity index (χ0) is 14.0. The van der Waals surface area contributed by atoms with E-state index in [1.54, 1.807) is 14.2 Å². The normalized spacial score (nSPS) is 16.7. The minimum absolute atomic E-state index is 0.0112. The molecule has 1 saturated carbocycles. The lowest BCUT2D eigenvalue weighted by Crippen LogP contribution is -2.45. The van der Waals surface area contributed by atoms with E-state index in [1.807, 2.05) is 24.4 Å². The van der Waals surface area contributed by atoms with Gasteiger partial charge in [-0.3, -0.25) is 0 Å². The molecule has 2 aromatic rings. The van der Waals surface area contributed by atoms with Gasteiger partial charge in [-0.15, -0.1) is 0 Å². The third-order valence-electron chi connectivity index (χ3n) is 4.25. The number of rotatable bonds is 5. The first kappa shape index (κ1) is 13.2. The molecule has 1 aliphatic rings. The van der Waals surface area contributed by atoms with Crippen molar-refractivity contribution < 1.29 is 9.47 Å². The first-order chi connectivity index (χ1) is 9.76. The van der Waals surface area contributed by atoms with Crippen LogP contribution in [0.15, 0.2) is 30.5 Å². The van der Waals surface area contributed by atoms with E-state index in [9.17, 15) is 0 Å². The fourth-order valence-electron chi connectivity index (χ4n) is 2.68. The summed E-state index contributed by atoms with van der Waals surface area (Å²) in [5, 5.41) is 5.68. The average molecular weight is 272 g/mol. The number of aromatic nitrogens is 1. The molecule has 0 radical (unpaired) electrons. The van der Waals surface area contributed by atoms with E-state index in [2.05, 4.69) is 16.4 Å². The molecule has 0 unspecified atom stereocenters. The van der Waals surface area contributed by atoms with Gasteiger partial charge in [0.2, 0.25) is 0 Å². The molecule has 0 atom stereocenters. The zero-order valence-corrected chi connectivity index (χ0v) is 12.0. The Morgan fingerprint density at radius 2 is 2.10 bits per heavy atom. The van der Waals surface area contributed by atoms with E-state index >= 15 is 0 Å². The molecule has 3 rings (SSSR count). The van der Waals surface area contributed by atoms with Crippen LogP contribution in [-0.2, 0) is 4.74 Å². The van der Waals surface area contributed by atoms with Gasteiger partial charge in [-0.1, -0.05) is 6.07 Å². The number of pyridine rings is 1. The van der Waals surface area contributed by atoms with Crippen LogP contribution in [-0.4, -0.2) is 31.3 Å². The quantitative estimate of drug-likeness (QED) is 0.907. The van der Waals surface area contributed by atoms with E-state index in [4.69, 9.17) is 9.47 Å². The SMILES string of the molecule is COc1ccc2ccnc(NCC3(OC)CCC3)c2c1. The van der Waals surface area contributed by atoms with Gasteiger partial charge in [-0.25, -0.2) is 4.98 Å². The smallest absolute Gasteiger partial charge is 0.134 e. The minimum Gasteiger partial charge on any atom is -0.497 e. The topological polar surface area (TPSA) is 43.4 Å². The van der Waals surface area contributed by atoms with E-state index in [1.165, 1.54) is 6.42 Å². The molecule has 0 aliphatic heterocycles. The number of hydrogen-bond donors (Lipinski definition) is 1. The van der Waals surface area contributed by atoms with E-state index < -0.39 is 0 Å². The molecule has 106 valence electrons. The summed E-state index contributed by atoms with van der Waals surface area (Å²) in [4.78, 5) is 4.46. The molecule has 1 fully saturated rings. The van der Waals surface area contributed by atoms with Crippen molar-refractivity contribution in [2.45, 2.75) is 24.9 Å². The standard InChI is InChI=1S/C16H20N2O2/c1-19-13-5-4-12-6-9-17-15(14(12)10-13)18-11-16(20-2)7-3-8-16/h4-6,9-10H,3,7-8,11H2,1-2H3,(H,17,18). The highest BCUT2D eigenvalue weighted by molar-refractivity contribution is 5.92. The van der Waals surface area contributed by atoms with Crippen LogP contribution in [0.5, 0.6) is 5.75 Å². The van der Waals surface area contributed by atoms with Crippen LogP contribution in [0.25, 0.3) is 10.8 Å². The third kappa shape index (κ3) is 2.31. The number of ether oxygens (including phenoxy) is 2. The summed E-state index contributed by atoms with van der Waals surface area (Å²) >= 11 is 0. The Morgan fingerprint density at radius 1 is 1.25 bits per heavy atom. The molecule has 0 spiro atoms. The van der Waals surface area contributed by atoms with E-state index in [0.717, 1.165) is 41.7 Å². The Hall–Kier alpha value is -1.81. The van der Waals surface area contributed by atoms with Gasteiger partial charge in [0.1, 0.15) is 11.6 Å². The van der Waals surface area contributed by atoms with Crippen LogP contribution in [0, 0.1) is 0 Å². The van der Waals surface area contributed by atoms with Crippen LogP contribution in [0.2, 0.25) is 0 Å². The summed E-state index contributed by atoms with van der Waals surface area (Å²) in [5.41, 5.74) is -0.0112. The van der Waals surface area contributed by atoms with Gasteiger partial charge < -0.3 is 14.8 Å². The van der Waals surface area contributed by atoms with Crippen molar-refractivity contribution in [1.29, 1.82) is 0 Å². The lowest BCUT2D eigenvalue weighted by molar-refractivity contribution is -0.0601. The maximum Gasteiger partial charge on any atom is 0.134 e. The molecular formula is C16H20N2O2. The predicted octanol–water partition coefficient (Wildman–Crippen LogP) is 3.22. The molecule has 1 N–H and O–H groups in total. The molecular weight excluding hydrogens is 252 g/mol. The predicted molar refractivity (Wildman–Crippen MR) is 80.4 cm³/mol. The lowest BCUT2D eigenvalue weighted by Gasteiger charge is -2.40. The second-order valence-electron chi connectivity index (χ2n) is 5.34. The minimum atomic E-state index is -0.0112. The first-order valence-electron chi connectivity index (χ1n) is 6.98. The summed E-state index contributed by atoms with van der Waals surface area (Å²) in [7, 11) is 3.47. The Balaban J connectivity index is 1.86. The Morgan fingerprint density at radius 3 is 2.75 bits per heavy atom. The van der Waals surface area contributed by atoms with E-state index in [-0.39, 0.29) is 5.60 Å². The van der Waals surface area contributed by atoms with Gasteiger partial charge in [-0.05, 0) is 42.8 Å². The third-order valence-corrected chi connectivity index (χ3v) is 4.25. The second kappa shape index (κ2) is 5.29. The summed E-state index contributed by atoms with van der Waals surface area (Å²) < 4.78 is 10.9. The summed E-state index contributed by atoms with van der Waals surface area (Å²) in [5.74, 6) is 1.74. The number of hydrogen-bond acceptors (Lipinski definition) is 4. The Bertz CT molecular complexity index is 603. The molecule has 4 nitrogen and oxygen atoms in total. The number of methoxy groups -OCH3 is 2. The maximum atomic E-state index is 5.64. The lowest BCUT2D eigenvalue weighted by atomic mass is 9.80. The van der Waals surface area contributed by atoms with Gasteiger partial charge in [0.15, 0.2) is 0 Å². The molecule has 0 saturated heterocycles. The Labute approximate surface area is 119 Å². The molecule has 20 heavy (non-hydrogen) atoms. The van der Waals surface area contributed by atoms with Gasteiger partial charge in [0.25, 0.3) is 0 Å². The van der Waals surface area contributed by atoms with Gasteiger partial charge in [-0.2, -0.15) is 0 Å². The molecule has 0 amide bonds. The number of benzene rings is 1. The summed E-state index contributed by atoms with van der Waals surface area (Å²) in [6.45, 7) is 0.798. The number of fused-ring (bicyclic) bond motifs is 1. The largest absolute Gasteiger partial charge is 0.497 e. The monoisotopic (exact) mass is 272 g/mol. The summed E-state index contributed by atoms with van der Waals surface area (Å²) in [6, 6.07) is 8.05. The number of anilines is 1. The molecule has 1 aromatic carbocycles. The molecule has 1 aromatic heterocycles. The van der Waals surface area contributed by atoms with Gasteiger partial charge >= 0.3 is 0 Å². The highest BCUT2D eigenvalue weighted by Crippen LogP contribution is 2.35. The van der Waals surface area contributed by atoms with Crippen molar-refractivity contribution in [3.05, 3.63) is 30.5 Å². The molecule has 4 heteroatoms. The van der Waals surface area contributed by atoms with Crippen LogP contribution in [0.1, 0.15) is 19.3 Å². The van der Waals surface area contributed by atoms with Crippen molar-refractivity contribution in [1.82, 2.24) is 4.98 Å². The van der Waals surface area contributed by atoms with Crippen LogP contribution in [0.4, 0.5) is 5.82 Å². The highest BCUT2D eigenvalue weighted by atomic mass is 16.5.